The molecule has 0 saturated heterocycles. The smallest absolute Gasteiger partial charge is 0.372 e. The number of rotatable bonds is 26. The van der Waals surface area contributed by atoms with Crippen LogP contribution in [0.5, 0.6) is 0 Å². The van der Waals surface area contributed by atoms with Gasteiger partial charge in [0, 0.05) is 6.42 Å². The van der Waals surface area contributed by atoms with Gasteiger partial charge in [0.15, 0.2) is 0 Å². The highest BCUT2D eigenvalue weighted by atomic mass is 16.4. The van der Waals surface area contributed by atoms with E-state index in [0.717, 1.165) is 19.3 Å². The minimum atomic E-state index is -1.28. The van der Waals surface area contributed by atoms with Crippen LogP contribution in [0.4, 0.5) is 0 Å². The highest BCUT2D eigenvalue weighted by Gasteiger charge is 2.09. The average molecular weight is 439 g/mol. The monoisotopic (exact) mass is 438 g/mol. The molecule has 0 rings (SSSR count). The number of carbonyl (C=O) groups is 2. The maximum absolute atomic E-state index is 11.0. The van der Waals surface area contributed by atoms with E-state index in [2.05, 4.69) is 6.92 Å². The van der Waals surface area contributed by atoms with Gasteiger partial charge in [0.2, 0.25) is 5.78 Å². The molecule has 0 saturated carbocycles. The van der Waals surface area contributed by atoms with Crippen molar-refractivity contribution in [3.05, 3.63) is 0 Å². The summed E-state index contributed by atoms with van der Waals surface area (Å²) in [6.07, 6.45) is 32.6. The fourth-order valence-corrected chi connectivity index (χ4v) is 4.35. The number of carboxylic acids is 1. The molecule has 0 fully saturated rings. The van der Waals surface area contributed by atoms with E-state index in [1.54, 1.807) is 0 Å². The molecular formula is C28H54O3. The Labute approximate surface area is 194 Å². The summed E-state index contributed by atoms with van der Waals surface area (Å²) in [5, 5.41) is 8.52. The van der Waals surface area contributed by atoms with Crippen LogP contribution in [-0.2, 0) is 9.59 Å². The average Bonchev–Trinajstić information content (AvgIpc) is 2.76. The maximum atomic E-state index is 11.0. The van der Waals surface area contributed by atoms with E-state index in [4.69, 9.17) is 5.11 Å². The molecule has 3 nitrogen and oxygen atoms in total. The SMILES string of the molecule is CCCCCCCCCCCCCCCCCCCCCCCCCCC(=O)C(=O)O. The second kappa shape index (κ2) is 25.4. The van der Waals surface area contributed by atoms with Gasteiger partial charge in [-0.2, -0.15) is 0 Å². The Bertz CT molecular complexity index is 392. The lowest BCUT2D eigenvalue weighted by molar-refractivity contribution is -0.149. The van der Waals surface area contributed by atoms with E-state index < -0.39 is 11.8 Å². The number of unbranched alkanes of at least 4 members (excludes halogenated alkanes) is 23. The molecule has 0 bridgehead atoms. The van der Waals surface area contributed by atoms with Crippen molar-refractivity contribution in [1.29, 1.82) is 0 Å². The van der Waals surface area contributed by atoms with Crippen LogP contribution in [0.1, 0.15) is 167 Å². The van der Waals surface area contributed by atoms with Crippen LogP contribution in [0.2, 0.25) is 0 Å². The molecule has 31 heavy (non-hydrogen) atoms. The van der Waals surface area contributed by atoms with Crippen molar-refractivity contribution in [3.8, 4) is 0 Å². The van der Waals surface area contributed by atoms with Crippen LogP contribution in [0, 0.1) is 0 Å². The molecule has 0 unspecified atom stereocenters. The minimum absolute atomic E-state index is 0.203. The van der Waals surface area contributed by atoms with Gasteiger partial charge in [-0.1, -0.05) is 155 Å². The van der Waals surface area contributed by atoms with Gasteiger partial charge >= 0.3 is 5.97 Å². The van der Waals surface area contributed by atoms with Gasteiger partial charge in [-0.15, -0.1) is 0 Å². The summed E-state index contributed by atoms with van der Waals surface area (Å²) in [6.45, 7) is 2.29. The van der Waals surface area contributed by atoms with Crippen LogP contribution >= 0.6 is 0 Å². The summed E-state index contributed by atoms with van der Waals surface area (Å²) in [7, 11) is 0. The molecule has 0 aromatic heterocycles. The summed E-state index contributed by atoms with van der Waals surface area (Å²) in [5.41, 5.74) is 0. The van der Waals surface area contributed by atoms with Crippen molar-refractivity contribution < 1.29 is 14.7 Å². The zero-order valence-electron chi connectivity index (χ0n) is 20.9. The maximum Gasteiger partial charge on any atom is 0.372 e. The highest BCUT2D eigenvalue weighted by Crippen LogP contribution is 2.15. The van der Waals surface area contributed by atoms with E-state index in [1.165, 1.54) is 135 Å². The third-order valence-electron chi connectivity index (χ3n) is 6.50. The minimum Gasteiger partial charge on any atom is -0.476 e. The lowest BCUT2D eigenvalue weighted by Gasteiger charge is -2.04. The normalized spacial score (nSPS) is 11.1. The van der Waals surface area contributed by atoms with E-state index in [0.29, 0.717) is 0 Å². The van der Waals surface area contributed by atoms with Crippen molar-refractivity contribution >= 4 is 11.8 Å². The number of carbonyl (C=O) groups excluding carboxylic acids is 1. The lowest BCUT2D eigenvalue weighted by atomic mass is 10.0. The zero-order chi connectivity index (χ0) is 22.8. The largest absolute Gasteiger partial charge is 0.476 e. The summed E-state index contributed by atoms with van der Waals surface area (Å²) in [5.74, 6) is -1.92. The van der Waals surface area contributed by atoms with Gasteiger partial charge in [0.25, 0.3) is 0 Å². The lowest BCUT2D eigenvalue weighted by Crippen LogP contribution is -2.11. The Morgan fingerprint density at radius 2 is 0.645 bits per heavy atom. The fourth-order valence-electron chi connectivity index (χ4n) is 4.35. The van der Waals surface area contributed by atoms with Crippen LogP contribution in [0.25, 0.3) is 0 Å². The van der Waals surface area contributed by atoms with E-state index in [9.17, 15) is 9.59 Å². The molecular weight excluding hydrogens is 384 g/mol. The number of hydrogen-bond acceptors (Lipinski definition) is 2. The molecule has 0 aliphatic rings. The molecule has 1 N–H and O–H groups in total. The Hall–Kier alpha value is -0.860. The van der Waals surface area contributed by atoms with Gasteiger partial charge in [0.05, 0.1) is 0 Å². The highest BCUT2D eigenvalue weighted by molar-refractivity contribution is 6.32. The van der Waals surface area contributed by atoms with Gasteiger partial charge in [-0.3, -0.25) is 4.79 Å². The Balaban J connectivity index is 3.05. The molecule has 184 valence electrons. The number of Topliss-reactive ketones (excluding diaryl/α,β-unsaturated/α-hetero) is 1. The second-order valence-corrected chi connectivity index (χ2v) is 9.61. The molecule has 0 atom stereocenters. The number of carboxylic acid groups (broad SMARTS) is 1. The first-order valence-corrected chi connectivity index (χ1v) is 13.9. The third-order valence-corrected chi connectivity index (χ3v) is 6.50. The Morgan fingerprint density at radius 3 is 0.871 bits per heavy atom. The first kappa shape index (κ1) is 30.1. The van der Waals surface area contributed by atoms with Crippen molar-refractivity contribution in [2.75, 3.05) is 0 Å². The molecule has 3 heteroatoms. The number of hydrogen-bond donors (Lipinski definition) is 1. The summed E-state index contributed by atoms with van der Waals surface area (Å²) < 4.78 is 0. The Morgan fingerprint density at radius 1 is 0.419 bits per heavy atom. The van der Waals surface area contributed by atoms with Crippen LogP contribution in [0.15, 0.2) is 0 Å². The quantitative estimate of drug-likeness (QED) is 0.108. The molecule has 0 radical (unpaired) electrons. The van der Waals surface area contributed by atoms with Crippen LogP contribution in [0.3, 0.4) is 0 Å². The standard InChI is InChI=1S/C28H54O3/c1-2-3-4-5-6-7-8-9-10-11-12-13-14-15-16-17-18-19-20-21-22-23-24-25-26-27(29)28(30)31/h2-26H2,1H3,(H,30,31). The molecule has 0 heterocycles. The molecule has 0 aliphatic heterocycles. The van der Waals surface area contributed by atoms with Crippen molar-refractivity contribution in [2.24, 2.45) is 0 Å². The third kappa shape index (κ3) is 25.3. The molecule has 0 amide bonds. The Kier molecular flexibility index (Phi) is 24.7. The van der Waals surface area contributed by atoms with E-state index >= 15 is 0 Å². The van der Waals surface area contributed by atoms with E-state index in [-0.39, 0.29) is 6.42 Å². The van der Waals surface area contributed by atoms with E-state index in [1.807, 2.05) is 0 Å². The first-order valence-electron chi connectivity index (χ1n) is 13.9. The van der Waals surface area contributed by atoms with Gasteiger partial charge in [-0.25, -0.2) is 4.79 Å². The van der Waals surface area contributed by atoms with Crippen molar-refractivity contribution in [2.45, 2.75) is 167 Å². The van der Waals surface area contributed by atoms with Crippen molar-refractivity contribution in [1.82, 2.24) is 0 Å². The first-order chi connectivity index (χ1) is 15.2. The molecule has 0 spiro atoms. The predicted octanol–water partition coefficient (Wildman–Crippen LogP) is 9.41. The van der Waals surface area contributed by atoms with Crippen molar-refractivity contribution in [3.63, 3.8) is 0 Å². The van der Waals surface area contributed by atoms with Crippen LogP contribution < -0.4 is 0 Å². The van der Waals surface area contributed by atoms with Gasteiger partial charge < -0.3 is 5.11 Å². The zero-order valence-corrected chi connectivity index (χ0v) is 20.9. The summed E-state index contributed by atoms with van der Waals surface area (Å²) in [4.78, 5) is 21.4. The molecule has 0 aliphatic carbocycles. The predicted molar refractivity (Wildman–Crippen MR) is 134 cm³/mol. The summed E-state index contributed by atoms with van der Waals surface area (Å²) in [6, 6.07) is 0. The molecule has 0 aromatic rings. The molecule has 0 aromatic carbocycles. The number of aliphatic carboxylic acids is 1. The van der Waals surface area contributed by atoms with Crippen LogP contribution in [-0.4, -0.2) is 16.9 Å². The van der Waals surface area contributed by atoms with Gasteiger partial charge in [-0.05, 0) is 6.42 Å². The van der Waals surface area contributed by atoms with Gasteiger partial charge in [0.1, 0.15) is 0 Å². The topological polar surface area (TPSA) is 54.4 Å². The fraction of sp³-hybridized carbons (Fsp3) is 0.929. The number of ketones is 1. The summed E-state index contributed by atoms with van der Waals surface area (Å²) >= 11 is 0. The second-order valence-electron chi connectivity index (χ2n) is 9.61.